The lowest BCUT2D eigenvalue weighted by atomic mass is 10.2. The number of aromatic nitrogens is 2. The molecule has 0 amide bonds. The number of ether oxygens (including phenoxy) is 1. The second-order valence-corrected chi connectivity index (χ2v) is 3.63. The lowest BCUT2D eigenvalue weighted by Crippen LogP contribution is -1.98. The fourth-order valence-electron chi connectivity index (χ4n) is 1.97. The van der Waals surface area contributed by atoms with E-state index in [1.165, 1.54) is 0 Å². The van der Waals surface area contributed by atoms with Crippen LogP contribution in [0.1, 0.15) is 0 Å². The van der Waals surface area contributed by atoms with Gasteiger partial charge in [-0.05, 0) is 12.1 Å². The molecule has 3 aromatic rings. The first-order chi connectivity index (χ1) is 7.79. The van der Waals surface area contributed by atoms with Crippen LogP contribution in [-0.4, -0.2) is 16.5 Å². The van der Waals surface area contributed by atoms with Crippen molar-refractivity contribution in [3.8, 4) is 5.88 Å². The van der Waals surface area contributed by atoms with Crippen LogP contribution in [-0.2, 0) is 0 Å². The lowest BCUT2D eigenvalue weighted by molar-refractivity contribution is 0.402. The van der Waals surface area contributed by atoms with Gasteiger partial charge in [-0.25, -0.2) is 0 Å². The maximum Gasteiger partial charge on any atom is 0.240 e. The molecule has 80 valence electrons. The van der Waals surface area contributed by atoms with Crippen LogP contribution in [0.25, 0.3) is 16.4 Å². The summed E-state index contributed by atoms with van der Waals surface area (Å²) >= 11 is 0. The lowest BCUT2D eigenvalue weighted by Gasteiger charge is -2.04. The van der Waals surface area contributed by atoms with E-state index >= 15 is 0 Å². The Morgan fingerprint density at radius 3 is 2.88 bits per heavy atom. The average molecular weight is 213 g/mol. The number of methoxy groups -OCH3 is 1. The van der Waals surface area contributed by atoms with Crippen molar-refractivity contribution < 1.29 is 4.74 Å². The number of nitrogens with two attached hydrogens (primary N) is 1. The van der Waals surface area contributed by atoms with Crippen LogP contribution in [0.3, 0.4) is 0 Å². The highest BCUT2D eigenvalue weighted by atomic mass is 16.5. The third-order valence-electron chi connectivity index (χ3n) is 2.65. The highest BCUT2D eigenvalue weighted by molar-refractivity contribution is 5.89. The molecule has 0 aliphatic heterocycles. The summed E-state index contributed by atoms with van der Waals surface area (Å²) in [5, 5.41) is 1.15. The van der Waals surface area contributed by atoms with E-state index in [0.717, 1.165) is 16.4 Å². The number of fused-ring (bicyclic) bond motifs is 3. The van der Waals surface area contributed by atoms with Crippen molar-refractivity contribution in [3.05, 3.63) is 36.5 Å². The standard InChI is InChI=1S/C12H11N3O/c1-16-12-10-6-8-4-2-3-5-9(8)15(10)7-11(13)14-12/h2-7H,13H2,1H3. The number of rotatable bonds is 1. The van der Waals surface area contributed by atoms with Gasteiger partial charge in [0.05, 0.1) is 18.8 Å². The van der Waals surface area contributed by atoms with E-state index in [1.54, 1.807) is 13.3 Å². The summed E-state index contributed by atoms with van der Waals surface area (Å²) < 4.78 is 7.22. The van der Waals surface area contributed by atoms with Gasteiger partial charge in [0.15, 0.2) is 0 Å². The van der Waals surface area contributed by atoms with Crippen LogP contribution in [0.4, 0.5) is 5.82 Å². The zero-order chi connectivity index (χ0) is 11.1. The monoisotopic (exact) mass is 213 g/mol. The third-order valence-corrected chi connectivity index (χ3v) is 2.65. The molecule has 0 saturated carbocycles. The molecule has 3 rings (SSSR count). The van der Waals surface area contributed by atoms with Crippen LogP contribution >= 0.6 is 0 Å². The molecule has 0 spiro atoms. The van der Waals surface area contributed by atoms with Gasteiger partial charge in [0.2, 0.25) is 5.88 Å². The molecule has 0 saturated heterocycles. The Morgan fingerprint density at radius 1 is 1.25 bits per heavy atom. The van der Waals surface area contributed by atoms with Crippen molar-refractivity contribution >= 4 is 22.2 Å². The highest BCUT2D eigenvalue weighted by Crippen LogP contribution is 2.26. The Kier molecular flexibility index (Phi) is 1.77. The van der Waals surface area contributed by atoms with Crippen LogP contribution in [0.5, 0.6) is 5.88 Å². The third kappa shape index (κ3) is 1.13. The second kappa shape index (κ2) is 3.13. The molecular formula is C12H11N3O. The fraction of sp³-hybridized carbons (Fsp3) is 0.0833. The summed E-state index contributed by atoms with van der Waals surface area (Å²) in [5.41, 5.74) is 7.77. The minimum Gasteiger partial charge on any atom is -0.479 e. The normalized spacial score (nSPS) is 11.1. The SMILES string of the molecule is COc1nc(N)cn2c1cc1ccccc12. The van der Waals surface area contributed by atoms with Crippen molar-refractivity contribution in [3.63, 3.8) is 0 Å². The maximum atomic E-state index is 5.74. The fourth-order valence-corrected chi connectivity index (χ4v) is 1.97. The molecule has 0 radical (unpaired) electrons. The van der Waals surface area contributed by atoms with Gasteiger partial charge in [-0.2, -0.15) is 4.98 Å². The van der Waals surface area contributed by atoms with Gasteiger partial charge in [-0.3, -0.25) is 0 Å². The zero-order valence-electron chi connectivity index (χ0n) is 8.84. The molecule has 0 atom stereocenters. The van der Waals surface area contributed by atoms with Crippen molar-refractivity contribution in [2.24, 2.45) is 0 Å². The van der Waals surface area contributed by atoms with Gasteiger partial charge < -0.3 is 14.9 Å². The second-order valence-electron chi connectivity index (χ2n) is 3.63. The predicted octanol–water partition coefficient (Wildman–Crippen LogP) is 2.08. The molecule has 2 N–H and O–H groups in total. The molecule has 16 heavy (non-hydrogen) atoms. The summed E-state index contributed by atoms with van der Waals surface area (Å²) in [6.07, 6.45) is 1.81. The van der Waals surface area contributed by atoms with Gasteiger partial charge in [-0.1, -0.05) is 18.2 Å². The summed E-state index contributed by atoms with van der Waals surface area (Å²) in [5.74, 6) is 1.00. The van der Waals surface area contributed by atoms with E-state index in [-0.39, 0.29) is 0 Å². The van der Waals surface area contributed by atoms with E-state index in [2.05, 4.69) is 11.1 Å². The number of hydrogen-bond acceptors (Lipinski definition) is 3. The smallest absolute Gasteiger partial charge is 0.240 e. The molecular weight excluding hydrogens is 202 g/mol. The molecule has 2 aromatic heterocycles. The number of benzene rings is 1. The van der Waals surface area contributed by atoms with E-state index in [4.69, 9.17) is 10.5 Å². The van der Waals surface area contributed by atoms with E-state index in [0.29, 0.717) is 11.7 Å². The summed E-state index contributed by atoms with van der Waals surface area (Å²) in [7, 11) is 1.60. The Morgan fingerprint density at radius 2 is 2.06 bits per heavy atom. The molecule has 0 aliphatic rings. The molecule has 0 bridgehead atoms. The number of para-hydroxylation sites is 1. The Labute approximate surface area is 92.3 Å². The first-order valence-electron chi connectivity index (χ1n) is 5.00. The highest BCUT2D eigenvalue weighted by Gasteiger charge is 2.08. The quantitative estimate of drug-likeness (QED) is 0.673. The summed E-state index contributed by atoms with van der Waals surface area (Å²) in [6, 6.07) is 10.1. The number of nitrogens with zero attached hydrogens (tertiary/aromatic N) is 2. The van der Waals surface area contributed by atoms with E-state index in [1.807, 2.05) is 28.7 Å². The van der Waals surface area contributed by atoms with Gasteiger partial charge in [0, 0.05) is 5.39 Å². The first-order valence-corrected chi connectivity index (χ1v) is 5.00. The predicted molar refractivity (Wildman–Crippen MR) is 63.7 cm³/mol. The van der Waals surface area contributed by atoms with Crippen LogP contribution < -0.4 is 10.5 Å². The minimum absolute atomic E-state index is 0.450. The molecule has 0 fully saturated rings. The number of nitrogen functional groups attached to an aromatic ring is 1. The van der Waals surface area contributed by atoms with Crippen LogP contribution in [0, 0.1) is 0 Å². The topological polar surface area (TPSA) is 52.5 Å². The molecule has 1 aromatic carbocycles. The molecule has 2 heterocycles. The summed E-state index contributed by atoms with van der Waals surface area (Å²) in [6.45, 7) is 0. The Hall–Kier alpha value is -2.23. The average Bonchev–Trinajstić information content (AvgIpc) is 2.67. The number of anilines is 1. The van der Waals surface area contributed by atoms with Crippen molar-refractivity contribution in [1.29, 1.82) is 0 Å². The van der Waals surface area contributed by atoms with Crippen molar-refractivity contribution in [2.45, 2.75) is 0 Å². The maximum absolute atomic E-state index is 5.74. The Balaban J connectivity index is 2.54. The zero-order valence-corrected chi connectivity index (χ0v) is 8.84. The van der Waals surface area contributed by atoms with Gasteiger partial charge in [-0.15, -0.1) is 0 Å². The Bertz CT molecular complexity index is 672. The first kappa shape index (κ1) is 9.03. The van der Waals surface area contributed by atoms with Gasteiger partial charge in [0.25, 0.3) is 0 Å². The van der Waals surface area contributed by atoms with Gasteiger partial charge in [0.1, 0.15) is 11.3 Å². The molecule has 4 heteroatoms. The number of hydrogen-bond donors (Lipinski definition) is 1. The van der Waals surface area contributed by atoms with Gasteiger partial charge >= 0.3 is 0 Å². The van der Waals surface area contributed by atoms with E-state index in [9.17, 15) is 0 Å². The van der Waals surface area contributed by atoms with Crippen LogP contribution in [0.15, 0.2) is 36.5 Å². The van der Waals surface area contributed by atoms with Crippen molar-refractivity contribution in [1.82, 2.24) is 9.38 Å². The molecule has 0 aliphatic carbocycles. The minimum atomic E-state index is 0.450. The van der Waals surface area contributed by atoms with E-state index < -0.39 is 0 Å². The van der Waals surface area contributed by atoms with Crippen LogP contribution in [0.2, 0.25) is 0 Å². The largest absolute Gasteiger partial charge is 0.479 e. The van der Waals surface area contributed by atoms with Crippen molar-refractivity contribution in [2.75, 3.05) is 12.8 Å². The molecule has 0 unspecified atom stereocenters. The molecule has 4 nitrogen and oxygen atoms in total. The summed E-state index contributed by atoms with van der Waals surface area (Å²) in [4.78, 5) is 4.15.